The number of aromatic nitrogens is 4. The third-order valence-corrected chi connectivity index (χ3v) is 3.52. The van der Waals surface area contributed by atoms with Gasteiger partial charge in [0.1, 0.15) is 17.7 Å². The number of nitrogens with one attached hydrogen (secondary N) is 1. The summed E-state index contributed by atoms with van der Waals surface area (Å²) in [5.74, 6) is 1.35. The van der Waals surface area contributed by atoms with Crippen molar-refractivity contribution in [3.63, 3.8) is 0 Å². The van der Waals surface area contributed by atoms with Crippen molar-refractivity contribution in [2.75, 3.05) is 12.3 Å². The second kappa shape index (κ2) is 3.15. The topological polar surface area (TPSA) is 106 Å². The molecule has 16 heavy (non-hydrogen) atoms. The number of nitrogens with two attached hydrogens (primary N) is 2. The summed E-state index contributed by atoms with van der Waals surface area (Å²) in [5.41, 5.74) is 12.9. The molecule has 1 fully saturated rings. The lowest BCUT2D eigenvalue weighted by molar-refractivity contribution is 0.240. The molecule has 0 aromatic carbocycles. The van der Waals surface area contributed by atoms with Gasteiger partial charge in [-0.1, -0.05) is 6.42 Å². The highest BCUT2D eigenvalue weighted by atomic mass is 15.1. The van der Waals surface area contributed by atoms with E-state index in [2.05, 4.69) is 19.9 Å². The number of imidazole rings is 1. The van der Waals surface area contributed by atoms with Gasteiger partial charge in [0.25, 0.3) is 0 Å². The molecule has 0 amide bonds. The number of nitrogen functional groups attached to an aromatic ring is 1. The molecule has 0 saturated heterocycles. The normalized spacial score (nSPS) is 18.6. The zero-order valence-corrected chi connectivity index (χ0v) is 8.90. The van der Waals surface area contributed by atoms with Gasteiger partial charge in [-0.2, -0.15) is 0 Å². The Balaban J connectivity index is 2.15. The van der Waals surface area contributed by atoms with E-state index in [0.717, 1.165) is 24.2 Å². The number of aromatic amines is 1. The molecule has 5 N–H and O–H groups in total. The molecule has 1 saturated carbocycles. The molecule has 6 heteroatoms. The summed E-state index contributed by atoms with van der Waals surface area (Å²) in [5, 5.41) is 0. The maximum atomic E-state index is 5.83. The zero-order chi connectivity index (χ0) is 11.2. The Labute approximate surface area is 92.5 Å². The molecule has 84 valence electrons. The monoisotopic (exact) mass is 218 g/mol. The van der Waals surface area contributed by atoms with Crippen LogP contribution in [0.4, 0.5) is 5.82 Å². The number of hydrogen-bond donors (Lipinski definition) is 3. The van der Waals surface area contributed by atoms with Crippen LogP contribution in [0.1, 0.15) is 25.1 Å². The Morgan fingerprint density at radius 3 is 2.75 bits per heavy atom. The van der Waals surface area contributed by atoms with Gasteiger partial charge < -0.3 is 16.5 Å². The van der Waals surface area contributed by atoms with Crippen LogP contribution in [-0.2, 0) is 5.41 Å². The number of rotatable bonds is 2. The van der Waals surface area contributed by atoms with Gasteiger partial charge in [-0.05, 0) is 12.8 Å². The first kappa shape index (κ1) is 9.53. The highest BCUT2D eigenvalue weighted by molar-refractivity contribution is 5.81. The molecule has 0 aliphatic heterocycles. The lowest BCUT2D eigenvalue weighted by Gasteiger charge is -2.38. The van der Waals surface area contributed by atoms with Crippen molar-refractivity contribution in [1.82, 2.24) is 19.9 Å². The lowest BCUT2D eigenvalue weighted by atomic mass is 9.68. The fraction of sp³-hybridized carbons (Fsp3) is 0.500. The van der Waals surface area contributed by atoms with Crippen molar-refractivity contribution in [2.24, 2.45) is 5.73 Å². The Morgan fingerprint density at radius 1 is 1.38 bits per heavy atom. The van der Waals surface area contributed by atoms with E-state index in [4.69, 9.17) is 11.5 Å². The smallest absolute Gasteiger partial charge is 0.183 e. The number of anilines is 1. The summed E-state index contributed by atoms with van der Waals surface area (Å²) >= 11 is 0. The molecular formula is C10H14N6. The van der Waals surface area contributed by atoms with Crippen molar-refractivity contribution in [3.8, 4) is 0 Å². The molecule has 1 aliphatic rings. The van der Waals surface area contributed by atoms with Gasteiger partial charge in [0.05, 0.1) is 0 Å². The van der Waals surface area contributed by atoms with E-state index in [1.165, 1.54) is 12.7 Å². The van der Waals surface area contributed by atoms with Gasteiger partial charge in [0.15, 0.2) is 11.5 Å². The zero-order valence-electron chi connectivity index (χ0n) is 8.90. The predicted molar refractivity (Wildman–Crippen MR) is 60.7 cm³/mol. The van der Waals surface area contributed by atoms with Gasteiger partial charge in [-0.15, -0.1) is 0 Å². The largest absolute Gasteiger partial charge is 0.382 e. The van der Waals surface area contributed by atoms with Gasteiger partial charge in [-0.3, -0.25) is 0 Å². The summed E-state index contributed by atoms with van der Waals surface area (Å²) in [6, 6.07) is 0. The second-order valence-electron chi connectivity index (χ2n) is 4.38. The minimum atomic E-state index is 0.00708. The molecule has 2 aromatic heterocycles. The van der Waals surface area contributed by atoms with E-state index >= 15 is 0 Å². The van der Waals surface area contributed by atoms with Gasteiger partial charge in [-0.25, -0.2) is 15.0 Å². The van der Waals surface area contributed by atoms with Crippen LogP contribution in [-0.4, -0.2) is 26.5 Å². The quantitative estimate of drug-likeness (QED) is 0.672. The molecule has 2 heterocycles. The van der Waals surface area contributed by atoms with Crippen molar-refractivity contribution >= 4 is 17.0 Å². The molecule has 0 atom stereocenters. The molecule has 3 rings (SSSR count). The Hall–Kier alpha value is -1.69. The molecule has 0 bridgehead atoms. The summed E-state index contributed by atoms with van der Waals surface area (Å²) in [4.78, 5) is 15.7. The van der Waals surface area contributed by atoms with E-state index in [1.54, 1.807) is 0 Å². The van der Waals surface area contributed by atoms with Gasteiger partial charge >= 0.3 is 0 Å². The summed E-state index contributed by atoms with van der Waals surface area (Å²) < 4.78 is 0. The van der Waals surface area contributed by atoms with E-state index in [1.807, 2.05) is 0 Å². The molecular weight excluding hydrogens is 204 g/mol. The van der Waals surface area contributed by atoms with Crippen LogP contribution in [0.25, 0.3) is 11.2 Å². The van der Waals surface area contributed by atoms with Crippen molar-refractivity contribution in [1.29, 1.82) is 0 Å². The third-order valence-electron chi connectivity index (χ3n) is 3.52. The average molecular weight is 218 g/mol. The molecule has 0 radical (unpaired) electrons. The first-order valence-electron chi connectivity index (χ1n) is 5.42. The second-order valence-corrected chi connectivity index (χ2v) is 4.38. The minimum Gasteiger partial charge on any atom is -0.382 e. The molecule has 1 aliphatic carbocycles. The predicted octanol–water partition coefficient (Wildman–Crippen LogP) is 0.315. The summed E-state index contributed by atoms with van der Waals surface area (Å²) in [6.07, 6.45) is 4.79. The average Bonchev–Trinajstić information content (AvgIpc) is 2.62. The number of H-pyrrole nitrogens is 1. The summed E-state index contributed by atoms with van der Waals surface area (Å²) in [6.45, 7) is 0.611. The van der Waals surface area contributed by atoms with E-state index < -0.39 is 0 Å². The fourth-order valence-electron chi connectivity index (χ4n) is 2.24. The number of nitrogens with zero attached hydrogens (tertiary/aromatic N) is 3. The van der Waals surface area contributed by atoms with E-state index in [-0.39, 0.29) is 5.41 Å². The summed E-state index contributed by atoms with van der Waals surface area (Å²) in [7, 11) is 0. The molecule has 2 aromatic rings. The maximum absolute atomic E-state index is 5.83. The first-order valence-corrected chi connectivity index (χ1v) is 5.42. The fourth-order valence-corrected chi connectivity index (χ4v) is 2.24. The van der Waals surface area contributed by atoms with Gasteiger partial charge in [0.2, 0.25) is 0 Å². The Morgan fingerprint density at radius 2 is 2.19 bits per heavy atom. The number of fused-ring (bicyclic) bond motifs is 1. The Kier molecular flexibility index (Phi) is 1.88. The first-order chi connectivity index (χ1) is 7.75. The van der Waals surface area contributed by atoms with Crippen LogP contribution in [0.5, 0.6) is 0 Å². The number of hydrogen-bond acceptors (Lipinski definition) is 5. The maximum Gasteiger partial charge on any atom is 0.183 e. The minimum absolute atomic E-state index is 0.00708. The van der Waals surface area contributed by atoms with Crippen LogP contribution in [0.2, 0.25) is 0 Å². The third kappa shape index (κ3) is 1.13. The highest BCUT2D eigenvalue weighted by Crippen LogP contribution is 2.41. The van der Waals surface area contributed by atoms with Crippen LogP contribution < -0.4 is 11.5 Å². The van der Waals surface area contributed by atoms with E-state index in [0.29, 0.717) is 18.0 Å². The van der Waals surface area contributed by atoms with Crippen LogP contribution in [0, 0.1) is 0 Å². The van der Waals surface area contributed by atoms with Crippen molar-refractivity contribution in [3.05, 3.63) is 12.2 Å². The van der Waals surface area contributed by atoms with Gasteiger partial charge in [0, 0.05) is 12.0 Å². The molecule has 0 spiro atoms. The van der Waals surface area contributed by atoms with E-state index in [9.17, 15) is 0 Å². The Bertz CT molecular complexity index is 522. The van der Waals surface area contributed by atoms with Crippen LogP contribution in [0.3, 0.4) is 0 Å². The lowest BCUT2D eigenvalue weighted by Crippen LogP contribution is -2.42. The molecule has 6 nitrogen and oxygen atoms in total. The van der Waals surface area contributed by atoms with Crippen LogP contribution in [0.15, 0.2) is 6.33 Å². The molecule has 0 unspecified atom stereocenters. The van der Waals surface area contributed by atoms with Crippen molar-refractivity contribution in [2.45, 2.75) is 24.7 Å². The SMILES string of the molecule is NCC1(c2nc3ncnc(N)c3[nH]2)CCC1. The highest BCUT2D eigenvalue weighted by Gasteiger charge is 2.40. The van der Waals surface area contributed by atoms with Crippen LogP contribution >= 0.6 is 0 Å². The standard InChI is InChI=1S/C10H14N6/c11-4-10(2-1-3-10)9-15-6-7(12)13-5-14-8(6)16-9/h5H,1-4,11H2,(H3,12,13,14,15,16). The van der Waals surface area contributed by atoms with Crippen molar-refractivity contribution < 1.29 is 0 Å².